The van der Waals surface area contributed by atoms with E-state index in [1.165, 1.54) is 23.3 Å². The third-order valence-electron chi connectivity index (χ3n) is 2.51. The molecule has 2 rings (SSSR count). The number of hydrogen-bond donors (Lipinski definition) is 0. The summed E-state index contributed by atoms with van der Waals surface area (Å²) in [6.45, 7) is 3.47. The molecule has 0 amide bonds. The first-order chi connectivity index (χ1) is 9.88. The summed E-state index contributed by atoms with van der Waals surface area (Å²) in [7, 11) is 0. The lowest BCUT2D eigenvalue weighted by Crippen LogP contribution is -1.95. The molecule has 0 bridgehead atoms. The van der Waals surface area contributed by atoms with E-state index in [0.29, 0.717) is 17.7 Å². The number of rotatable bonds is 9. The molecule has 6 heteroatoms. The maximum Gasteiger partial charge on any atom is 0.294 e. The van der Waals surface area contributed by atoms with Crippen molar-refractivity contribution in [2.24, 2.45) is 0 Å². The second-order valence-electron chi connectivity index (χ2n) is 4.14. The maximum absolute atomic E-state index is 5.61. The van der Waals surface area contributed by atoms with Crippen molar-refractivity contribution in [3.05, 3.63) is 35.9 Å². The fourth-order valence-corrected chi connectivity index (χ4v) is 2.70. The van der Waals surface area contributed by atoms with Crippen LogP contribution in [0.5, 0.6) is 5.19 Å². The third kappa shape index (κ3) is 5.48. The molecule has 0 saturated carbocycles. The Balaban J connectivity index is 1.69. The summed E-state index contributed by atoms with van der Waals surface area (Å²) >= 11 is 2.78. The molecule has 1 heterocycles. The Labute approximate surface area is 127 Å². The van der Waals surface area contributed by atoms with Gasteiger partial charge in [0.1, 0.15) is 6.61 Å². The predicted octanol–water partition coefficient (Wildman–Crippen LogP) is 3.98. The minimum atomic E-state index is 0.521. The van der Waals surface area contributed by atoms with Gasteiger partial charge < -0.3 is 9.47 Å². The van der Waals surface area contributed by atoms with Gasteiger partial charge in [0.2, 0.25) is 5.16 Å². The van der Waals surface area contributed by atoms with Crippen molar-refractivity contribution in [3.63, 3.8) is 0 Å². The van der Waals surface area contributed by atoms with Crippen molar-refractivity contribution >= 4 is 23.3 Å². The van der Waals surface area contributed by atoms with Crippen molar-refractivity contribution in [1.29, 1.82) is 0 Å². The topological polar surface area (TPSA) is 44.2 Å². The molecule has 0 spiro atoms. The Morgan fingerprint density at radius 3 is 2.90 bits per heavy atom. The number of unbranched alkanes of at least 4 members (excludes halogenated alkanes) is 1. The molecule has 4 nitrogen and oxygen atoms in total. The van der Waals surface area contributed by atoms with Crippen molar-refractivity contribution in [2.45, 2.75) is 31.5 Å². The van der Waals surface area contributed by atoms with Gasteiger partial charge in [0.25, 0.3) is 5.19 Å². The summed E-state index contributed by atoms with van der Waals surface area (Å²) in [6, 6.07) is 10.0. The van der Waals surface area contributed by atoms with Gasteiger partial charge in [-0.3, -0.25) is 0 Å². The summed E-state index contributed by atoms with van der Waals surface area (Å²) < 4.78 is 15.3. The zero-order valence-electron chi connectivity index (χ0n) is 11.4. The Bertz CT molecular complexity index is 491. The van der Waals surface area contributed by atoms with Gasteiger partial charge in [-0.2, -0.15) is 9.36 Å². The quantitative estimate of drug-likeness (QED) is 0.398. The van der Waals surface area contributed by atoms with Crippen LogP contribution in [0.15, 0.2) is 35.5 Å². The molecule has 0 atom stereocenters. The average molecular weight is 310 g/mol. The molecule has 1 aromatic carbocycles. The largest absolute Gasteiger partial charge is 0.464 e. The molecule has 0 aliphatic rings. The molecule has 20 heavy (non-hydrogen) atoms. The number of thioether (sulfide) groups is 1. The Kier molecular flexibility index (Phi) is 6.83. The molecule has 0 aliphatic heterocycles. The highest BCUT2D eigenvalue weighted by Crippen LogP contribution is 2.22. The predicted molar refractivity (Wildman–Crippen MR) is 82.3 cm³/mol. The molecular formula is C14H18N2O2S2. The highest BCUT2D eigenvalue weighted by atomic mass is 32.2. The van der Waals surface area contributed by atoms with E-state index in [0.717, 1.165) is 30.2 Å². The van der Waals surface area contributed by atoms with E-state index in [-0.39, 0.29) is 0 Å². The van der Waals surface area contributed by atoms with Gasteiger partial charge in [0.05, 0.1) is 5.94 Å². The van der Waals surface area contributed by atoms with Crippen LogP contribution in [0.3, 0.4) is 0 Å². The summed E-state index contributed by atoms with van der Waals surface area (Å²) in [4.78, 5) is 4.31. The smallest absolute Gasteiger partial charge is 0.294 e. The average Bonchev–Trinajstić information content (AvgIpc) is 2.94. The Hall–Kier alpha value is -1.11. The molecule has 0 aliphatic carbocycles. The second kappa shape index (κ2) is 8.94. The minimum absolute atomic E-state index is 0.521. The van der Waals surface area contributed by atoms with Gasteiger partial charge in [-0.05, 0) is 12.0 Å². The van der Waals surface area contributed by atoms with Gasteiger partial charge in [0.15, 0.2) is 0 Å². The van der Waals surface area contributed by atoms with Crippen LogP contribution in [0.4, 0.5) is 0 Å². The number of nitrogens with zero attached hydrogens (tertiary/aromatic N) is 2. The number of aromatic nitrogens is 2. The molecular weight excluding hydrogens is 292 g/mol. The molecule has 0 unspecified atom stereocenters. The van der Waals surface area contributed by atoms with Gasteiger partial charge >= 0.3 is 0 Å². The van der Waals surface area contributed by atoms with Gasteiger partial charge in [-0.25, -0.2) is 0 Å². The molecule has 0 saturated heterocycles. The summed E-state index contributed by atoms with van der Waals surface area (Å²) in [6.07, 6.45) is 2.24. The third-order valence-corrected chi connectivity index (χ3v) is 3.98. The van der Waals surface area contributed by atoms with E-state index >= 15 is 0 Å². The lowest BCUT2D eigenvalue weighted by atomic mass is 10.2. The summed E-state index contributed by atoms with van der Waals surface area (Å²) in [5.41, 5.74) is 1.12. The van der Waals surface area contributed by atoms with Gasteiger partial charge in [0, 0.05) is 18.1 Å². The lowest BCUT2D eigenvalue weighted by Gasteiger charge is -2.01. The molecule has 1 aromatic heterocycles. The number of hydrogen-bond acceptors (Lipinski definition) is 6. The van der Waals surface area contributed by atoms with Crippen molar-refractivity contribution in [1.82, 2.24) is 9.36 Å². The van der Waals surface area contributed by atoms with Crippen LogP contribution in [-0.2, 0) is 11.3 Å². The first kappa shape index (κ1) is 15.3. The monoisotopic (exact) mass is 310 g/mol. The van der Waals surface area contributed by atoms with Crippen LogP contribution in [-0.4, -0.2) is 21.9 Å². The van der Waals surface area contributed by atoms with Crippen LogP contribution in [0.1, 0.15) is 25.3 Å². The van der Waals surface area contributed by atoms with Crippen LogP contribution in [0.2, 0.25) is 0 Å². The van der Waals surface area contributed by atoms with Gasteiger partial charge in [-0.1, -0.05) is 55.4 Å². The molecule has 2 aromatic rings. The van der Waals surface area contributed by atoms with Crippen molar-refractivity contribution < 1.29 is 9.47 Å². The Morgan fingerprint density at radius 1 is 1.25 bits per heavy atom. The molecule has 0 fully saturated rings. The highest BCUT2D eigenvalue weighted by Gasteiger charge is 2.05. The molecule has 108 valence electrons. The standard InChI is InChI=1S/C14H18N2O2S2/c1-2-3-9-17-11-19-13-15-14(20-16-13)18-10-12-7-5-4-6-8-12/h4-8H,2-3,9-11H2,1H3. The highest BCUT2D eigenvalue weighted by molar-refractivity contribution is 7.99. The second-order valence-corrected chi connectivity index (χ2v) is 5.75. The zero-order chi connectivity index (χ0) is 14.0. The summed E-state index contributed by atoms with van der Waals surface area (Å²) in [5.74, 6) is 0.592. The fraction of sp³-hybridized carbons (Fsp3) is 0.429. The first-order valence-corrected chi connectivity index (χ1v) is 8.35. The zero-order valence-corrected chi connectivity index (χ0v) is 13.1. The summed E-state index contributed by atoms with van der Waals surface area (Å²) in [5, 5.41) is 1.32. The minimum Gasteiger partial charge on any atom is -0.464 e. The van der Waals surface area contributed by atoms with Crippen LogP contribution >= 0.6 is 23.3 Å². The fourth-order valence-electron chi connectivity index (χ4n) is 1.43. The number of benzene rings is 1. The van der Waals surface area contributed by atoms with E-state index in [2.05, 4.69) is 16.3 Å². The lowest BCUT2D eigenvalue weighted by molar-refractivity contribution is 0.178. The SMILES string of the molecule is CCCCOCSc1nsc(OCc2ccccc2)n1. The van der Waals surface area contributed by atoms with Crippen LogP contribution in [0.25, 0.3) is 0 Å². The Morgan fingerprint density at radius 2 is 2.10 bits per heavy atom. The normalized spacial score (nSPS) is 10.7. The van der Waals surface area contributed by atoms with Gasteiger partial charge in [-0.15, -0.1) is 0 Å². The van der Waals surface area contributed by atoms with E-state index in [9.17, 15) is 0 Å². The maximum atomic E-state index is 5.61. The van der Waals surface area contributed by atoms with E-state index in [1.807, 2.05) is 30.3 Å². The van der Waals surface area contributed by atoms with Crippen LogP contribution in [0, 0.1) is 0 Å². The van der Waals surface area contributed by atoms with E-state index in [1.54, 1.807) is 0 Å². The van der Waals surface area contributed by atoms with E-state index in [4.69, 9.17) is 9.47 Å². The molecule has 0 N–H and O–H groups in total. The molecule has 0 radical (unpaired) electrons. The number of ether oxygens (including phenoxy) is 2. The van der Waals surface area contributed by atoms with Crippen molar-refractivity contribution in [3.8, 4) is 5.19 Å². The van der Waals surface area contributed by atoms with Crippen molar-refractivity contribution in [2.75, 3.05) is 12.5 Å². The first-order valence-electron chi connectivity index (χ1n) is 6.59. The van der Waals surface area contributed by atoms with E-state index < -0.39 is 0 Å². The van der Waals surface area contributed by atoms with Crippen LogP contribution < -0.4 is 4.74 Å².